The van der Waals surface area contributed by atoms with E-state index in [1.54, 1.807) is 0 Å². The van der Waals surface area contributed by atoms with Crippen LogP contribution < -0.4 is 11.1 Å². The van der Waals surface area contributed by atoms with Gasteiger partial charge in [0.25, 0.3) is 0 Å². The third-order valence-electron chi connectivity index (χ3n) is 4.28. The molecule has 0 aromatic heterocycles. The Bertz CT molecular complexity index is 450. The predicted molar refractivity (Wildman–Crippen MR) is 100 cm³/mol. The zero-order valence-corrected chi connectivity index (χ0v) is 15.5. The lowest BCUT2D eigenvalue weighted by Crippen LogP contribution is -2.45. The number of nitrogens with zero attached hydrogens (tertiary/aromatic N) is 1. The maximum atomic E-state index is 12.6. The fourth-order valence-electron chi connectivity index (χ4n) is 2.76. The summed E-state index contributed by atoms with van der Waals surface area (Å²) in [4.78, 5) is 14.8. The molecule has 0 radical (unpaired) electrons. The zero-order chi connectivity index (χ0) is 15.2. The second-order valence-corrected chi connectivity index (χ2v) is 5.78. The lowest BCUT2D eigenvalue weighted by atomic mass is 10.0. The molecular formula is C17H29Cl2N3O. The van der Waals surface area contributed by atoms with E-state index in [4.69, 9.17) is 5.73 Å². The number of rotatable bonds is 8. The third-order valence-corrected chi connectivity index (χ3v) is 4.28. The van der Waals surface area contributed by atoms with E-state index in [1.807, 2.05) is 30.3 Å². The first-order valence-electron chi connectivity index (χ1n) is 7.99. The molecule has 1 aromatic rings. The summed E-state index contributed by atoms with van der Waals surface area (Å²) in [6.45, 7) is 6.44. The molecule has 1 fully saturated rings. The van der Waals surface area contributed by atoms with Crippen molar-refractivity contribution in [2.45, 2.75) is 38.8 Å². The van der Waals surface area contributed by atoms with Gasteiger partial charge in [0.15, 0.2) is 0 Å². The van der Waals surface area contributed by atoms with E-state index in [-0.39, 0.29) is 42.8 Å². The Hall–Kier alpha value is -0.810. The molecule has 1 saturated carbocycles. The van der Waals surface area contributed by atoms with Crippen LogP contribution in [0.15, 0.2) is 30.3 Å². The Balaban J connectivity index is 0.00000242. The Morgan fingerprint density at radius 2 is 1.78 bits per heavy atom. The summed E-state index contributed by atoms with van der Waals surface area (Å²) in [5.41, 5.74) is 7.12. The van der Waals surface area contributed by atoms with Gasteiger partial charge < -0.3 is 11.1 Å². The Morgan fingerprint density at radius 1 is 1.22 bits per heavy atom. The van der Waals surface area contributed by atoms with Crippen molar-refractivity contribution < 1.29 is 4.79 Å². The fraction of sp³-hybridized carbons (Fsp3) is 0.588. The van der Waals surface area contributed by atoms with Gasteiger partial charge in [-0.15, -0.1) is 24.8 Å². The first kappa shape index (κ1) is 22.2. The van der Waals surface area contributed by atoms with Crippen LogP contribution in [0.5, 0.6) is 0 Å². The minimum atomic E-state index is -0.229. The van der Waals surface area contributed by atoms with Gasteiger partial charge in [0.1, 0.15) is 6.04 Å². The van der Waals surface area contributed by atoms with Crippen molar-refractivity contribution in [1.29, 1.82) is 0 Å². The Morgan fingerprint density at radius 3 is 2.26 bits per heavy atom. The number of likely N-dealkylation sites (N-methyl/N-ethyl adjacent to an activating group) is 1. The molecule has 2 rings (SSSR count). The quantitative estimate of drug-likeness (QED) is 0.748. The molecule has 2 atom stereocenters. The van der Waals surface area contributed by atoms with E-state index in [2.05, 4.69) is 24.1 Å². The highest BCUT2D eigenvalue weighted by atomic mass is 35.5. The lowest BCUT2D eigenvalue weighted by molar-refractivity contribution is -0.126. The normalized spacial score (nSPS) is 16.0. The summed E-state index contributed by atoms with van der Waals surface area (Å²) in [6, 6.07) is 9.84. The number of amides is 1. The largest absolute Gasteiger partial charge is 0.353 e. The average molecular weight is 362 g/mol. The third kappa shape index (κ3) is 6.30. The highest BCUT2D eigenvalue weighted by molar-refractivity contribution is 5.85. The van der Waals surface area contributed by atoms with Gasteiger partial charge >= 0.3 is 0 Å². The van der Waals surface area contributed by atoms with Crippen LogP contribution in [0.2, 0.25) is 0 Å². The highest BCUT2D eigenvalue weighted by Crippen LogP contribution is 2.31. The van der Waals surface area contributed by atoms with Crippen LogP contribution in [0, 0.1) is 5.92 Å². The van der Waals surface area contributed by atoms with Crippen LogP contribution in [0.3, 0.4) is 0 Å². The van der Waals surface area contributed by atoms with E-state index < -0.39 is 0 Å². The van der Waals surface area contributed by atoms with Crippen LogP contribution in [0.4, 0.5) is 0 Å². The number of nitrogens with one attached hydrogen (secondary N) is 1. The number of halogens is 2. The van der Waals surface area contributed by atoms with Crippen LogP contribution in [-0.2, 0) is 4.79 Å². The van der Waals surface area contributed by atoms with Crippen molar-refractivity contribution in [3.05, 3.63) is 35.9 Å². The Labute approximate surface area is 152 Å². The molecule has 6 heteroatoms. The number of carbonyl (C=O) groups is 1. The molecule has 23 heavy (non-hydrogen) atoms. The van der Waals surface area contributed by atoms with Crippen LogP contribution in [0.25, 0.3) is 0 Å². The van der Waals surface area contributed by atoms with Crippen LogP contribution in [0.1, 0.15) is 38.3 Å². The van der Waals surface area contributed by atoms with E-state index >= 15 is 0 Å². The molecule has 1 aromatic carbocycles. The van der Waals surface area contributed by atoms with Gasteiger partial charge in [-0.1, -0.05) is 44.2 Å². The van der Waals surface area contributed by atoms with Crippen molar-refractivity contribution >= 4 is 30.7 Å². The standard InChI is InChI=1S/C17H27N3O.2ClH/c1-3-20(4-2)16(14-8-6-5-7-9-14)17(21)19-12-15(18)13-10-11-13;;/h5-9,13,15-16H,3-4,10-12,18H2,1-2H3,(H,19,21);2*1H. The summed E-state index contributed by atoms with van der Waals surface area (Å²) in [7, 11) is 0. The minimum absolute atomic E-state index is 0. The number of hydrogen-bond acceptors (Lipinski definition) is 3. The molecule has 2 unspecified atom stereocenters. The number of hydrogen-bond donors (Lipinski definition) is 2. The van der Waals surface area contributed by atoms with Gasteiger partial charge in [-0.25, -0.2) is 0 Å². The molecule has 0 heterocycles. The molecule has 132 valence electrons. The smallest absolute Gasteiger partial charge is 0.242 e. The predicted octanol–water partition coefficient (Wildman–Crippen LogP) is 2.77. The fourth-order valence-corrected chi connectivity index (χ4v) is 2.76. The van der Waals surface area contributed by atoms with E-state index in [0.717, 1.165) is 18.7 Å². The molecule has 0 bridgehead atoms. The van der Waals surface area contributed by atoms with Crippen LogP contribution >= 0.6 is 24.8 Å². The molecule has 1 aliphatic carbocycles. The molecule has 0 spiro atoms. The van der Waals surface area contributed by atoms with E-state index in [9.17, 15) is 4.79 Å². The average Bonchev–Trinajstić information content (AvgIpc) is 3.35. The van der Waals surface area contributed by atoms with Crippen molar-refractivity contribution in [3.63, 3.8) is 0 Å². The SMILES string of the molecule is CCN(CC)C(C(=O)NCC(N)C1CC1)c1ccccc1.Cl.Cl. The second kappa shape index (κ2) is 10.9. The van der Waals surface area contributed by atoms with Gasteiger partial charge in [0, 0.05) is 12.6 Å². The second-order valence-electron chi connectivity index (χ2n) is 5.78. The molecule has 1 aliphatic rings. The number of carbonyl (C=O) groups excluding carboxylic acids is 1. The molecular weight excluding hydrogens is 333 g/mol. The van der Waals surface area contributed by atoms with E-state index in [0.29, 0.717) is 12.5 Å². The van der Waals surface area contributed by atoms with Gasteiger partial charge in [-0.2, -0.15) is 0 Å². The molecule has 4 nitrogen and oxygen atoms in total. The number of benzene rings is 1. The highest BCUT2D eigenvalue weighted by Gasteiger charge is 2.30. The number of nitrogens with two attached hydrogens (primary N) is 1. The van der Waals surface area contributed by atoms with Crippen molar-refractivity contribution in [1.82, 2.24) is 10.2 Å². The molecule has 0 aliphatic heterocycles. The van der Waals surface area contributed by atoms with Crippen LogP contribution in [-0.4, -0.2) is 36.5 Å². The summed E-state index contributed by atoms with van der Waals surface area (Å²) in [6.07, 6.45) is 2.41. The summed E-state index contributed by atoms with van der Waals surface area (Å²) < 4.78 is 0. The van der Waals surface area contributed by atoms with Gasteiger partial charge in [0.2, 0.25) is 5.91 Å². The molecule has 0 saturated heterocycles. The van der Waals surface area contributed by atoms with Crippen molar-refractivity contribution in [2.24, 2.45) is 11.7 Å². The van der Waals surface area contributed by atoms with Gasteiger partial charge in [-0.3, -0.25) is 9.69 Å². The van der Waals surface area contributed by atoms with Crippen molar-refractivity contribution in [3.8, 4) is 0 Å². The maximum Gasteiger partial charge on any atom is 0.242 e. The zero-order valence-electron chi connectivity index (χ0n) is 13.9. The first-order valence-corrected chi connectivity index (χ1v) is 7.99. The Kier molecular flexibility index (Phi) is 10.5. The topological polar surface area (TPSA) is 58.4 Å². The van der Waals surface area contributed by atoms with Gasteiger partial charge in [-0.05, 0) is 37.4 Å². The van der Waals surface area contributed by atoms with Gasteiger partial charge in [0.05, 0.1) is 0 Å². The lowest BCUT2D eigenvalue weighted by Gasteiger charge is -2.29. The maximum absolute atomic E-state index is 12.6. The minimum Gasteiger partial charge on any atom is -0.353 e. The molecule has 1 amide bonds. The summed E-state index contributed by atoms with van der Waals surface area (Å²) in [5, 5.41) is 3.05. The molecule has 3 N–H and O–H groups in total. The first-order chi connectivity index (χ1) is 10.2. The van der Waals surface area contributed by atoms with Crippen molar-refractivity contribution in [2.75, 3.05) is 19.6 Å². The monoisotopic (exact) mass is 361 g/mol. The summed E-state index contributed by atoms with van der Waals surface area (Å²) >= 11 is 0. The summed E-state index contributed by atoms with van der Waals surface area (Å²) in [5.74, 6) is 0.662. The van der Waals surface area contributed by atoms with E-state index in [1.165, 1.54) is 12.8 Å².